The van der Waals surface area contributed by atoms with E-state index >= 15 is 0 Å². The van der Waals surface area contributed by atoms with E-state index in [-0.39, 0.29) is 24.8 Å². The Morgan fingerprint density at radius 3 is 2.33 bits per heavy atom. The van der Waals surface area contributed by atoms with Gasteiger partial charge in [-0.1, -0.05) is 18.6 Å². The van der Waals surface area contributed by atoms with Gasteiger partial charge in [-0.25, -0.2) is 9.59 Å². The molecule has 182 valence electrons. The highest BCUT2D eigenvalue weighted by atomic mass is 16.6. The van der Waals surface area contributed by atoms with Gasteiger partial charge in [0.25, 0.3) is 5.69 Å². The number of carbonyl (C=O) groups excluding carboxylic acids is 3. The molecular formula is C23H32N2O8. The van der Waals surface area contributed by atoms with Gasteiger partial charge in [-0.2, -0.15) is 0 Å². The first-order valence-electron chi connectivity index (χ1n) is 11.1. The van der Waals surface area contributed by atoms with Crippen molar-refractivity contribution in [3.63, 3.8) is 0 Å². The van der Waals surface area contributed by atoms with Gasteiger partial charge in [-0.15, -0.1) is 0 Å². The Morgan fingerprint density at radius 2 is 1.76 bits per heavy atom. The fourth-order valence-electron chi connectivity index (χ4n) is 3.38. The summed E-state index contributed by atoms with van der Waals surface area (Å²) in [5.41, 5.74) is -0.0764. The number of hydrogen-bond acceptors (Lipinski definition) is 8. The number of alkyl carbamates (subject to hydrolysis) is 1. The number of non-ortho nitro benzene ring substituents is 1. The van der Waals surface area contributed by atoms with Crippen molar-refractivity contribution in [2.45, 2.75) is 83.5 Å². The Balaban J connectivity index is 1.93. The summed E-state index contributed by atoms with van der Waals surface area (Å²) in [7, 11) is 0. The molecule has 0 radical (unpaired) electrons. The van der Waals surface area contributed by atoms with Gasteiger partial charge in [0, 0.05) is 18.6 Å². The first-order chi connectivity index (χ1) is 15.5. The number of nitrogens with zero attached hydrogens (tertiary/aromatic N) is 1. The molecule has 1 amide bonds. The van der Waals surface area contributed by atoms with E-state index in [4.69, 9.17) is 14.2 Å². The third-order valence-electron chi connectivity index (χ3n) is 4.98. The van der Waals surface area contributed by atoms with Gasteiger partial charge in [0.15, 0.2) is 0 Å². The second-order valence-corrected chi connectivity index (χ2v) is 8.99. The van der Waals surface area contributed by atoms with E-state index in [1.807, 2.05) is 0 Å². The van der Waals surface area contributed by atoms with Crippen LogP contribution in [-0.4, -0.2) is 47.3 Å². The highest BCUT2D eigenvalue weighted by molar-refractivity contribution is 5.86. The molecule has 0 saturated heterocycles. The summed E-state index contributed by atoms with van der Waals surface area (Å²) in [5, 5.41) is 13.1. The van der Waals surface area contributed by atoms with Crippen LogP contribution in [0.25, 0.3) is 0 Å². The van der Waals surface area contributed by atoms with E-state index in [0.717, 1.165) is 37.7 Å². The van der Waals surface area contributed by atoms with Crippen LogP contribution < -0.4 is 5.32 Å². The Bertz CT molecular complexity index is 826. The summed E-state index contributed by atoms with van der Waals surface area (Å²) >= 11 is 0. The number of nitro groups is 1. The van der Waals surface area contributed by atoms with Crippen molar-refractivity contribution in [3.05, 3.63) is 39.9 Å². The number of rotatable bonds is 9. The Hall–Kier alpha value is -3.17. The second kappa shape index (κ2) is 12.2. The minimum Gasteiger partial charge on any atom is -0.464 e. The molecule has 1 atom stereocenters. The van der Waals surface area contributed by atoms with E-state index in [1.165, 1.54) is 12.1 Å². The van der Waals surface area contributed by atoms with Crippen LogP contribution in [0.15, 0.2) is 24.3 Å². The zero-order valence-electron chi connectivity index (χ0n) is 19.3. The Morgan fingerprint density at radius 1 is 1.12 bits per heavy atom. The van der Waals surface area contributed by atoms with Crippen molar-refractivity contribution in [3.8, 4) is 0 Å². The van der Waals surface area contributed by atoms with Crippen molar-refractivity contribution >= 4 is 23.7 Å². The molecule has 1 aliphatic carbocycles. The molecule has 10 heteroatoms. The number of amides is 1. The monoisotopic (exact) mass is 464 g/mol. The van der Waals surface area contributed by atoms with E-state index in [0.29, 0.717) is 6.42 Å². The van der Waals surface area contributed by atoms with Crippen LogP contribution in [0.4, 0.5) is 10.5 Å². The summed E-state index contributed by atoms with van der Waals surface area (Å²) < 4.78 is 15.9. The molecule has 0 aliphatic heterocycles. The standard InChI is InChI=1S/C23H32N2O8/c1-23(2,3)33-22(28)24-19(15-20(26)32-18-7-5-4-6-8-18)21(27)31-14-13-16-9-11-17(12-10-16)25(29)30/h9-12,18-19H,4-8,13-15H2,1-3H3,(H,24,28)/t19-/m0/s1. The lowest BCUT2D eigenvalue weighted by molar-refractivity contribution is -0.384. The number of benzene rings is 1. The maximum atomic E-state index is 12.6. The highest BCUT2D eigenvalue weighted by Gasteiger charge is 2.29. The molecule has 1 aliphatic rings. The third kappa shape index (κ3) is 9.88. The minimum atomic E-state index is -1.26. The summed E-state index contributed by atoms with van der Waals surface area (Å²) in [4.78, 5) is 47.4. The van der Waals surface area contributed by atoms with E-state index in [1.54, 1.807) is 32.9 Å². The first-order valence-corrected chi connectivity index (χ1v) is 11.1. The Labute approximate surface area is 193 Å². The number of esters is 2. The maximum absolute atomic E-state index is 12.6. The predicted octanol–water partition coefficient (Wildman–Crippen LogP) is 3.84. The molecule has 10 nitrogen and oxygen atoms in total. The SMILES string of the molecule is CC(C)(C)OC(=O)N[C@@H](CC(=O)OC1CCCCC1)C(=O)OCCc1ccc([N+](=O)[O-])cc1. The van der Waals surface area contributed by atoms with Crippen molar-refractivity contribution < 1.29 is 33.5 Å². The van der Waals surface area contributed by atoms with E-state index in [9.17, 15) is 24.5 Å². The Kier molecular flexibility index (Phi) is 9.62. The van der Waals surface area contributed by atoms with Crippen molar-refractivity contribution in [1.82, 2.24) is 5.32 Å². The van der Waals surface area contributed by atoms with Gasteiger partial charge < -0.3 is 19.5 Å². The number of carbonyl (C=O) groups is 3. The lowest BCUT2D eigenvalue weighted by Gasteiger charge is -2.24. The first kappa shape index (κ1) is 26.1. The summed E-state index contributed by atoms with van der Waals surface area (Å²) in [6.07, 6.45) is 3.59. The zero-order chi connectivity index (χ0) is 24.4. The number of nitrogens with one attached hydrogen (secondary N) is 1. The van der Waals surface area contributed by atoms with E-state index < -0.39 is 34.6 Å². The fourth-order valence-corrected chi connectivity index (χ4v) is 3.38. The molecular weight excluding hydrogens is 432 g/mol. The van der Waals surface area contributed by atoms with Gasteiger partial charge >= 0.3 is 18.0 Å². The molecule has 1 aromatic carbocycles. The van der Waals surface area contributed by atoms with Gasteiger partial charge in [-0.3, -0.25) is 14.9 Å². The topological polar surface area (TPSA) is 134 Å². The molecule has 0 aromatic heterocycles. The average molecular weight is 465 g/mol. The molecule has 1 fully saturated rings. The average Bonchev–Trinajstić information content (AvgIpc) is 2.73. The number of hydrogen-bond donors (Lipinski definition) is 1. The predicted molar refractivity (Wildman–Crippen MR) is 118 cm³/mol. The molecule has 2 rings (SSSR count). The van der Waals surface area contributed by atoms with Crippen molar-refractivity contribution in [2.24, 2.45) is 0 Å². The smallest absolute Gasteiger partial charge is 0.408 e. The second-order valence-electron chi connectivity index (χ2n) is 8.99. The van der Waals surface area contributed by atoms with Gasteiger partial charge in [-0.05, 0) is 52.0 Å². The zero-order valence-corrected chi connectivity index (χ0v) is 19.3. The quantitative estimate of drug-likeness (QED) is 0.252. The molecule has 1 N–H and O–H groups in total. The molecule has 0 bridgehead atoms. The largest absolute Gasteiger partial charge is 0.464 e. The molecule has 0 heterocycles. The molecule has 1 aromatic rings. The van der Waals surface area contributed by atoms with Crippen molar-refractivity contribution in [2.75, 3.05) is 6.61 Å². The van der Waals surface area contributed by atoms with Crippen LogP contribution in [0.1, 0.15) is 64.9 Å². The highest BCUT2D eigenvalue weighted by Crippen LogP contribution is 2.21. The van der Waals surface area contributed by atoms with E-state index in [2.05, 4.69) is 5.32 Å². The van der Waals surface area contributed by atoms with Crippen LogP contribution in [0.5, 0.6) is 0 Å². The summed E-state index contributed by atoms with van der Waals surface area (Å²) in [6, 6.07) is 4.62. The maximum Gasteiger partial charge on any atom is 0.408 e. The minimum absolute atomic E-state index is 0.0270. The van der Waals surface area contributed by atoms with Crippen LogP contribution in [0.3, 0.4) is 0 Å². The van der Waals surface area contributed by atoms with Crippen LogP contribution in [-0.2, 0) is 30.2 Å². The lowest BCUT2D eigenvalue weighted by Crippen LogP contribution is -2.46. The number of nitro benzene ring substituents is 1. The molecule has 1 saturated carbocycles. The number of ether oxygens (including phenoxy) is 3. The van der Waals surface area contributed by atoms with Gasteiger partial charge in [0.1, 0.15) is 17.7 Å². The van der Waals surface area contributed by atoms with Crippen LogP contribution in [0.2, 0.25) is 0 Å². The van der Waals surface area contributed by atoms with Crippen LogP contribution >= 0.6 is 0 Å². The van der Waals surface area contributed by atoms with Gasteiger partial charge in [0.2, 0.25) is 0 Å². The normalized spacial score (nSPS) is 15.2. The fraction of sp³-hybridized carbons (Fsp3) is 0.609. The van der Waals surface area contributed by atoms with Crippen molar-refractivity contribution in [1.29, 1.82) is 0 Å². The van der Waals surface area contributed by atoms with Gasteiger partial charge in [0.05, 0.1) is 18.0 Å². The third-order valence-corrected chi connectivity index (χ3v) is 4.98. The molecule has 0 unspecified atom stereocenters. The lowest BCUT2D eigenvalue weighted by atomic mass is 9.98. The summed E-state index contributed by atoms with van der Waals surface area (Å²) in [5.74, 6) is -1.38. The van der Waals surface area contributed by atoms with Crippen LogP contribution in [0, 0.1) is 10.1 Å². The summed E-state index contributed by atoms with van der Waals surface area (Å²) in [6.45, 7) is 5.02. The molecule has 0 spiro atoms. The molecule has 33 heavy (non-hydrogen) atoms.